The van der Waals surface area contributed by atoms with Crippen LogP contribution in [0.25, 0.3) is 5.65 Å². The van der Waals surface area contributed by atoms with Crippen molar-refractivity contribution in [3.63, 3.8) is 0 Å². The molecular weight excluding hydrogens is 458 g/mol. The summed E-state index contributed by atoms with van der Waals surface area (Å²) in [5, 5.41) is 2.46. The van der Waals surface area contributed by atoms with Crippen molar-refractivity contribution in [3.8, 4) is 0 Å². The number of aryl methyl sites for hydroxylation is 1. The molecule has 2 atom stereocenters. The van der Waals surface area contributed by atoms with E-state index in [4.69, 9.17) is 4.98 Å². The number of nitrogens with one attached hydrogen (secondary N) is 1. The summed E-state index contributed by atoms with van der Waals surface area (Å²) in [4.78, 5) is 62.6. The van der Waals surface area contributed by atoms with Crippen LogP contribution in [-0.4, -0.2) is 45.2 Å². The fraction of sp³-hybridized carbons (Fsp3) is 0.370. The van der Waals surface area contributed by atoms with E-state index in [1.165, 1.54) is 4.40 Å². The Balaban J connectivity index is 1.66. The quantitative estimate of drug-likeness (QED) is 0.559. The van der Waals surface area contributed by atoms with Crippen molar-refractivity contribution in [2.45, 2.75) is 39.7 Å². The number of urea groups is 1. The monoisotopic (exact) mass is 485 g/mol. The first-order valence-electron chi connectivity index (χ1n) is 12.3. The second-order valence-electron chi connectivity index (χ2n) is 10.4. The van der Waals surface area contributed by atoms with E-state index in [2.05, 4.69) is 5.32 Å². The smallest absolute Gasteiger partial charge is 0.330 e. The van der Waals surface area contributed by atoms with Crippen molar-refractivity contribution in [1.29, 1.82) is 0 Å². The van der Waals surface area contributed by atoms with Gasteiger partial charge in [0.2, 0.25) is 11.8 Å². The Hall–Kier alpha value is -4.01. The lowest BCUT2D eigenvalue weighted by atomic mass is 9.65. The molecule has 1 aromatic carbocycles. The zero-order valence-corrected chi connectivity index (χ0v) is 20.4. The van der Waals surface area contributed by atoms with Crippen LogP contribution >= 0.6 is 0 Å². The minimum atomic E-state index is -1.68. The van der Waals surface area contributed by atoms with E-state index in [-0.39, 0.29) is 24.4 Å². The maximum Gasteiger partial charge on any atom is 0.330 e. The molecule has 36 heavy (non-hydrogen) atoms. The minimum absolute atomic E-state index is 0.00906. The van der Waals surface area contributed by atoms with Crippen molar-refractivity contribution < 1.29 is 14.4 Å². The van der Waals surface area contributed by atoms with E-state index >= 15 is 0 Å². The number of hydrogen-bond donors (Lipinski definition) is 1. The first-order valence-corrected chi connectivity index (χ1v) is 12.3. The van der Waals surface area contributed by atoms with Crippen molar-refractivity contribution in [2.24, 2.45) is 11.3 Å². The highest BCUT2D eigenvalue weighted by Gasteiger charge is 2.64. The number of benzene rings is 1. The largest absolute Gasteiger partial charge is 0.347 e. The Morgan fingerprint density at radius 2 is 1.89 bits per heavy atom. The number of aromatic nitrogens is 2. The van der Waals surface area contributed by atoms with Gasteiger partial charge < -0.3 is 4.90 Å². The zero-order valence-electron chi connectivity index (χ0n) is 20.4. The number of amides is 4. The van der Waals surface area contributed by atoms with Gasteiger partial charge in [0.05, 0.1) is 11.6 Å². The lowest BCUT2D eigenvalue weighted by Gasteiger charge is -2.53. The lowest BCUT2D eigenvalue weighted by molar-refractivity contribution is -0.154. The van der Waals surface area contributed by atoms with E-state index < -0.39 is 29.3 Å². The van der Waals surface area contributed by atoms with Gasteiger partial charge >= 0.3 is 6.03 Å². The molecule has 0 bridgehead atoms. The normalized spacial score (nSPS) is 23.1. The third-order valence-corrected chi connectivity index (χ3v) is 7.64. The van der Waals surface area contributed by atoms with Gasteiger partial charge in [0.1, 0.15) is 11.5 Å². The van der Waals surface area contributed by atoms with Gasteiger partial charge in [0.25, 0.3) is 5.56 Å². The van der Waals surface area contributed by atoms with Crippen molar-refractivity contribution in [3.05, 3.63) is 75.2 Å². The molecule has 0 radical (unpaired) electrons. The van der Waals surface area contributed by atoms with Gasteiger partial charge in [-0.1, -0.05) is 44.2 Å². The highest BCUT2D eigenvalue weighted by molar-refractivity contribution is 6.20. The summed E-state index contributed by atoms with van der Waals surface area (Å²) in [6.45, 7) is 6.38. The van der Waals surface area contributed by atoms with Gasteiger partial charge in [-0.3, -0.25) is 29.0 Å². The Bertz CT molecular complexity index is 1530. The van der Waals surface area contributed by atoms with Gasteiger partial charge in [0.15, 0.2) is 5.41 Å². The summed E-state index contributed by atoms with van der Waals surface area (Å²) >= 11 is 0. The average molecular weight is 486 g/mol. The standard InChI is InChI=1S/C27H27N5O4/c1-15(2)14-32-25(35)27(24(34)29-26(32)36)13-19-22(28-21-16(3)7-6-11-31(21)23(19)33)30-12-10-17-8-4-5-9-18(17)20(27)30/h4-9,11,15,20H,10,12-14H2,1-3H3,(H,29,34,36)/t20-,27-/m1/s1. The van der Waals surface area contributed by atoms with Gasteiger partial charge in [-0.25, -0.2) is 9.78 Å². The van der Waals surface area contributed by atoms with Crippen LogP contribution in [0.2, 0.25) is 0 Å². The molecule has 1 fully saturated rings. The molecule has 1 N–H and O–H groups in total. The van der Waals surface area contributed by atoms with Gasteiger partial charge in [-0.05, 0) is 42.0 Å². The average Bonchev–Trinajstić information content (AvgIpc) is 2.86. The Morgan fingerprint density at radius 1 is 1.11 bits per heavy atom. The number of hydrogen-bond acceptors (Lipinski definition) is 6. The van der Waals surface area contributed by atoms with E-state index in [0.29, 0.717) is 30.0 Å². The molecule has 5 heterocycles. The van der Waals surface area contributed by atoms with Gasteiger partial charge in [0, 0.05) is 25.7 Å². The van der Waals surface area contributed by atoms with E-state index in [1.807, 2.05) is 56.0 Å². The molecule has 184 valence electrons. The number of anilines is 1. The number of fused-ring (bicyclic) bond motifs is 7. The van der Waals surface area contributed by atoms with Crippen LogP contribution in [0.5, 0.6) is 0 Å². The predicted molar refractivity (Wildman–Crippen MR) is 133 cm³/mol. The minimum Gasteiger partial charge on any atom is -0.347 e. The van der Waals surface area contributed by atoms with Crippen LogP contribution in [0.4, 0.5) is 10.6 Å². The van der Waals surface area contributed by atoms with Crippen LogP contribution in [-0.2, 0) is 22.4 Å². The third kappa shape index (κ3) is 2.91. The second-order valence-corrected chi connectivity index (χ2v) is 10.4. The maximum absolute atomic E-state index is 14.3. The summed E-state index contributed by atoms with van der Waals surface area (Å²) in [7, 11) is 0. The molecule has 0 saturated carbocycles. The number of barbiturate groups is 1. The summed E-state index contributed by atoms with van der Waals surface area (Å²) in [6, 6.07) is 10.0. The molecular formula is C27H27N5O4. The molecule has 4 amide bonds. The van der Waals surface area contributed by atoms with E-state index in [1.54, 1.807) is 12.3 Å². The Labute approximate surface area is 207 Å². The fourth-order valence-corrected chi connectivity index (χ4v) is 6.05. The van der Waals surface area contributed by atoms with Crippen molar-refractivity contribution in [2.75, 3.05) is 18.0 Å². The molecule has 0 aliphatic carbocycles. The van der Waals surface area contributed by atoms with Crippen LogP contribution in [0.15, 0.2) is 47.4 Å². The molecule has 3 aliphatic heterocycles. The van der Waals surface area contributed by atoms with E-state index in [9.17, 15) is 19.2 Å². The molecule has 6 rings (SSSR count). The third-order valence-electron chi connectivity index (χ3n) is 7.64. The van der Waals surface area contributed by atoms with Crippen LogP contribution in [0.3, 0.4) is 0 Å². The molecule has 9 heteroatoms. The number of pyridine rings is 1. The first-order chi connectivity index (χ1) is 17.2. The highest BCUT2D eigenvalue weighted by Crippen LogP contribution is 2.52. The molecule has 1 spiro atoms. The molecule has 2 aromatic heterocycles. The van der Waals surface area contributed by atoms with Crippen LogP contribution < -0.4 is 15.8 Å². The van der Waals surface area contributed by atoms with Crippen LogP contribution in [0.1, 0.15) is 42.1 Å². The molecule has 3 aliphatic rings. The molecule has 9 nitrogen and oxygen atoms in total. The topological polar surface area (TPSA) is 104 Å². The fourth-order valence-electron chi connectivity index (χ4n) is 6.05. The number of carbonyl (C=O) groups excluding carboxylic acids is 3. The Morgan fingerprint density at radius 3 is 2.67 bits per heavy atom. The number of nitrogens with zero attached hydrogens (tertiary/aromatic N) is 4. The summed E-state index contributed by atoms with van der Waals surface area (Å²) in [5.41, 5.74) is 1.63. The maximum atomic E-state index is 14.3. The van der Waals surface area contributed by atoms with Gasteiger partial charge in [-0.15, -0.1) is 0 Å². The molecule has 1 saturated heterocycles. The second kappa shape index (κ2) is 7.74. The molecule has 0 unspecified atom stereocenters. The summed E-state index contributed by atoms with van der Waals surface area (Å²) in [6.07, 6.45) is 2.20. The number of carbonyl (C=O) groups is 3. The van der Waals surface area contributed by atoms with Crippen molar-refractivity contribution >= 4 is 29.3 Å². The predicted octanol–water partition coefficient (Wildman–Crippen LogP) is 2.38. The SMILES string of the molecule is Cc1cccn2c(=O)c3c(nc12)N1CCc2ccccc2[C@@H]1[C@]1(C3)C(=O)NC(=O)N(CC(C)C)C1=O. The summed E-state index contributed by atoms with van der Waals surface area (Å²) in [5.74, 6) is -0.707. The lowest BCUT2D eigenvalue weighted by Crippen LogP contribution is -2.70. The number of imide groups is 2. The van der Waals surface area contributed by atoms with E-state index in [0.717, 1.165) is 21.6 Å². The highest BCUT2D eigenvalue weighted by atomic mass is 16.2. The van der Waals surface area contributed by atoms with Crippen molar-refractivity contribution in [1.82, 2.24) is 19.6 Å². The molecule has 3 aromatic rings. The zero-order chi connectivity index (χ0) is 25.4. The first kappa shape index (κ1) is 22.5. The van der Waals surface area contributed by atoms with Crippen LogP contribution in [0, 0.1) is 18.3 Å². The number of rotatable bonds is 2. The van der Waals surface area contributed by atoms with Gasteiger partial charge in [-0.2, -0.15) is 0 Å². The summed E-state index contributed by atoms with van der Waals surface area (Å²) < 4.78 is 1.47. The Kier molecular flexibility index (Phi) is 4.83.